The monoisotopic (exact) mass is 921 g/mol. The third-order valence-electron chi connectivity index (χ3n) is 7.92. The van der Waals surface area contributed by atoms with Crippen LogP contribution in [0.1, 0.15) is 11.1 Å². The Kier molecular flexibility index (Phi) is 18.9. The molecule has 0 saturated carbocycles. The number of hydrogen-bond acceptors (Lipinski definition) is 0. The van der Waals surface area contributed by atoms with E-state index in [1.807, 2.05) is 60.7 Å². The molecule has 55 heavy (non-hydrogen) atoms. The van der Waals surface area contributed by atoms with Crippen molar-refractivity contribution in [1.29, 1.82) is 0 Å². The van der Waals surface area contributed by atoms with Crippen LogP contribution in [0.5, 0.6) is 0 Å². The van der Waals surface area contributed by atoms with Crippen LogP contribution >= 0.6 is 15.8 Å². The van der Waals surface area contributed by atoms with Crippen LogP contribution in [0.4, 0.5) is 0 Å². The van der Waals surface area contributed by atoms with Crippen LogP contribution in [0.25, 0.3) is 0 Å². The molecular weight excluding hydrogens is 882 g/mol. The van der Waals surface area contributed by atoms with Gasteiger partial charge in [0.1, 0.15) is 0 Å². The average Bonchev–Trinajstić information content (AvgIpc) is 3.27. The Bertz CT molecular complexity index is 1900. The van der Waals surface area contributed by atoms with Gasteiger partial charge in [-0.3, -0.25) is 11.8 Å². The minimum absolute atomic E-state index is 0. The number of benzene rings is 8. The Balaban J connectivity index is 0.000000175. The molecule has 0 saturated heterocycles. The van der Waals surface area contributed by atoms with E-state index >= 15 is 0 Å². The summed E-state index contributed by atoms with van der Waals surface area (Å²) in [5.74, 6) is 4.55. The summed E-state index contributed by atoms with van der Waals surface area (Å²) in [5, 5.41) is 8.39. The van der Waals surface area contributed by atoms with Crippen LogP contribution in [-0.2, 0) is 21.1 Å². The Hall–Kier alpha value is -5.57. The molecule has 0 unspecified atom stereocenters. The zero-order valence-corrected chi connectivity index (χ0v) is 34.4. The van der Waals surface area contributed by atoms with E-state index in [1.165, 1.54) is 31.8 Å². The zero-order valence-electron chi connectivity index (χ0n) is 30.3. The zero-order chi connectivity index (χ0) is 37.5. The molecule has 0 aromatic heterocycles. The van der Waals surface area contributed by atoms with Crippen LogP contribution in [0.15, 0.2) is 243 Å². The SMILES string of the molecule is [C-]#Cc1ccccc1.[C-]#Cc1ccccc1.[Pt+2].c1ccc(P(c2ccccc2)c2ccccc2)cc1.c1ccc(P(c2ccccc2)c2ccccc2)cc1. The molecular formula is C52H40P2Pt. The summed E-state index contributed by atoms with van der Waals surface area (Å²) < 4.78 is 0. The Morgan fingerprint density at radius 2 is 0.382 bits per heavy atom. The molecule has 0 heterocycles. The molecule has 0 radical (unpaired) electrons. The minimum Gasteiger partial charge on any atom is -0.366 e. The van der Waals surface area contributed by atoms with Gasteiger partial charge < -0.3 is 12.8 Å². The van der Waals surface area contributed by atoms with Gasteiger partial charge in [-0.25, -0.2) is 0 Å². The summed E-state index contributed by atoms with van der Waals surface area (Å²) in [6.45, 7) is 0. The van der Waals surface area contributed by atoms with Gasteiger partial charge in [0.15, 0.2) is 0 Å². The van der Waals surface area contributed by atoms with Crippen molar-refractivity contribution in [3.63, 3.8) is 0 Å². The van der Waals surface area contributed by atoms with E-state index in [9.17, 15) is 0 Å². The maximum atomic E-state index is 6.69. The van der Waals surface area contributed by atoms with Gasteiger partial charge >= 0.3 is 21.1 Å². The molecule has 0 aliphatic rings. The fourth-order valence-electron chi connectivity index (χ4n) is 5.40. The van der Waals surface area contributed by atoms with Crippen molar-refractivity contribution in [3.8, 4) is 11.8 Å². The van der Waals surface area contributed by atoms with E-state index in [4.69, 9.17) is 12.8 Å². The van der Waals surface area contributed by atoms with Crippen LogP contribution < -0.4 is 31.8 Å². The van der Waals surface area contributed by atoms with E-state index < -0.39 is 15.8 Å². The van der Waals surface area contributed by atoms with E-state index in [2.05, 4.69) is 194 Å². The molecule has 0 N–H and O–H groups in total. The van der Waals surface area contributed by atoms with Gasteiger partial charge in [-0.15, -0.1) is 35.4 Å². The van der Waals surface area contributed by atoms with Gasteiger partial charge in [-0.1, -0.05) is 218 Å². The van der Waals surface area contributed by atoms with Crippen molar-refractivity contribution in [2.45, 2.75) is 0 Å². The summed E-state index contributed by atoms with van der Waals surface area (Å²) in [6.07, 6.45) is 13.4. The molecule has 8 aromatic rings. The van der Waals surface area contributed by atoms with Gasteiger partial charge in [0.25, 0.3) is 0 Å². The van der Waals surface area contributed by atoms with Crippen LogP contribution in [0.2, 0.25) is 0 Å². The molecule has 0 atom stereocenters. The van der Waals surface area contributed by atoms with Crippen molar-refractivity contribution in [3.05, 3.63) is 267 Å². The molecule has 0 aliphatic carbocycles. The number of rotatable bonds is 6. The maximum absolute atomic E-state index is 6.69. The van der Waals surface area contributed by atoms with Gasteiger partial charge in [-0.2, -0.15) is 0 Å². The van der Waals surface area contributed by atoms with E-state index in [0.29, 0.717) is 0 Å². The first-order chi connectivity index (χ1) is 26.8. The van der Waals surface area contributed by atoms with Gasteiger partial charge in [0, 0.05) is 0 Å². The van der Waals surface area contributed by atoms with E-state index in [-0.39, 0.29) is 21.1 Å². The Labute approximate surface area is 345 Å². The second-order valence-electron chi connectivity index (χ2n) is 11.7. The Morgan fingerprint density at radius 3 is 0.509 bits per heavy atom. The minimum atomic E-state index is -0.446. The van der Waals surface area contributed by atoms with Crippen molar-refractivity contribution < 1.29 is 21.1 Å². The average molecular weight is 922 g/mol. The molecule has 3 heteroatoms. The molecule has 8 aromatic carbocycles. The van der Waals surface area contributed by atoms with E-state index in [1.54, 1.807) is 0 Å². The first-order valence-corrected chi connectivity index (χ1v) is 20.3. The molecule has 0 aliphatic heterocycles. The van der Waals surface area contributed by atoms with Crippen molar-refractivity contribution in [2.75, 3.05) is 0 Å². The van der Waals surface area contributed by atoms with Crippen LogP contribution in [0, 0.1) is 24.7 Å². The predicted octanol–water partition coefficient (Wildman–Crippen LogP) is 10.1. The largest absolute Gasteiger partial charge is 2.00 e. The summed E-state index contributed by atoms with van der Waals surface area (Å²) >= 11 is 0. The standard InChI is InChI=1S/2C18H15P.2C8H5.Pt/c2*1-4-10-16(11-5-1)19(17-12-6-2-7-13-17)18-14-8-3-9-15-18;2*1-2-8-6-4-3-5-7-8;/h2*1-15H;2*3-7H;/q;;2*-1;+2. The third-order valence-corrected chi connectivity index (χ3v) is 12.8. The van der Waals surface area contributed by atoms with E-state index in [0.717, 1.165) is 11.1 Å². The third kappa shape index (κ3) is 14.0. The predicted molar refractivity (Wildman–Crippen MR) is 236 cm³/mol. The van der Waals surface area contributed by atoms with Crippen molar-refractivity contribution in [1.82, 2.24) is 0 Å². The molecule has 0 spiro atoms. The summed E-state index contributed by atoms with van der Waals surface area (Å²) in [5.41, 5.74) is 1.65. The topological polar surface area (TPSA) is 0 Å². The van der Waals surface area contributed by atoms with Crippen LogP contribution in [-0.4, -0.2) is 0 Å². The van der Waals surface area contributed by atoms with Crippen LogP contribution in [0.3, 0.4) is 0 Å². The fourth-order valence-corrected chi connectivity index (χ4v) is 10.0. The molecule has 0 amide bonds. The summed E-state index contributed by atoms with van der Waals surface area (Å²) in [4.78, 5) is 0. The summed E-state index contributed by atoms with van der Waals surface area (Å²) in [6, 6.07) is 83.4. The first kappa shape index (κ1) is 42.2. The smallest absolute Gasteiger partial charge is 0.366 e. The second kappa shape index (κ2) is 24.7. The second-order valence-corrected chi connectivity index (χ2v) is 16.1. The molecule has 268 valence electrons. The number of hydrogen-bond donors (Lipinski definition) is 0. The van der Waals surface area contributed by atoms with Gasteiger partial charge in [0.2, 0.25) is 0 Å². The molecule has 0 nitrogen and oxygen atoms in total. The normalized spacial score (nSPS) is 9.60. The quantitative estimate of drug-likeness (QED) is 0.0886. The molecule has 0 bridgehead atoms. The molecule has 0 fully saturated rings. The summed E-state index contributed by atoms with van der Waals surface area (Å²) in [7, 11) is -0.892. The maximum Gasteiger partial charge on any atom is 2.00 e. The van der Waals surface area contributed by atoms with Crippen molar-refractivity contribution >= 4 is 47.7 Å². The fraction of sp³-hybridized carbons (Fsp3) is 0. The first-order valence-electron chi connectivity index (χ1n) is 17.6. The van der Waals surface area contributed by atoms with Crippen molar-refractivity contribution in [2.24, 2.45) is 0 Å². The molecule has 8 rings (SSSR count). The Morgan fingerprint density at radius 1 is 0.236 bits per heavy atom. The van der Waals surface area contributed by atoms with Gasteiger partial charge in [-0.05, 0) is 47.7 Å². The van der Waals surface area contributed by atoms with Gasteiger partial charge in [0.05, 0.1) is 0 Å².